The summed E-state index contributed by atoms with van der Waals surface area (Å²) < 4.78 is 10.6. The van der Waals surface area contributed by atoms with E-state index in [-0.39, 0.29) is 17.9 Å². The standard InChI is InChI=1S/C33H48N6O7S/c1-9-25-23(27(41)42)11-10-18-39(25)19-26-24(36-29(47-26)34-20(2)40)17-14-21-12-15-22(16-13-21)35-28(37-30(43)45-32(3,4)5)38-31(44)46-33(6,7)8/h12-13,15-16,23,25H,9-11,14,17-19H2,1-8H3,(H,41,42)(H,34,36,40)(H2,35,37,38,43,44)/t23-,25?/m1/s1. The maximum absolute atomic E-state index is 12.4. The topological polar surface area (TPSA) is 172 Å². The minimum absolute atomic E-state index is 0.0620. The Morgan fingerprint density at radius 3 is 2.11 bits per heavy atom. The summed E-state index contributed by atoms with van der Waals surface area (Å²) in [6.45, 7) is 15.2. The van der Waals surface area contributed by atoms with Gasteiger partial charge in [0.1, 0.15) is 11.2 Å². The van der Waals surface area contributed by atoms with Crippen molar-refractivity contribution >= 4 is 52.2 Å². The largest absolute Gasteiger partial charge is 0.481 e. The number of thiazole rings is 1. The second-order valence-corrected chi connectivity index (χ2v) is 14.6. The van der Waals surface area contributed by atoms with Gasteiger partial charge in [0.05, 0.1) is 17.3 Å². The molecule has 14 heteroatoms. The number of hydrogen-bond donors (Lipinski definition) is 4. The van der Waals surface area contributed by atoms with Crippen molar-refractivity contribution in [1.29, 1.82) is 0 Å². The number of carboxylic acid groups (broad SMARTS) is 1. The van der Waals surface area contributed by atoms with Gasteiger partial charge >= 0.3 is 18.2 Å². The van der Waals surface area contributed by atoms with E-state index in [1.54, 1.807) is 53.7 Å². The SMILES string of the molecule is CCC1[C@H](C(=O)O)CCCN1Cc1sc(NC(C)=O)nc1CCc1ccc(N=C(NC(=O)OC(C)(C)C)NC(=O)OC(C)(C)C)cc1. The number of carboxylic acids is 1. The van der Waals surface area contributed by atoms with Gasteiger partial charge in [0.2, 0.25) is 11.9 Å². The first-order valence-electron chi connectivity index (χ1n) is 15.8. The molecule has 1 aromatic heterocycles. The van der Waals surface area contributed by atoms with E-state index in [9.17, 15) is 24.3 Å². The van der Waals surface area contributed by atoms with Gasteiger partial charge in [0.15, 0.2) is 5.13 Å². The molecule has 0 spiro atoms. The number of carbonyl (C=O) groups is 4. The molecule has 0 aliphatic carbocycles. The van der Waals surface area contributed by atoms with Gasteiger partial charge in [-0.25, -0.2) is 19.6 Å². The average molecular weight is 673 g/mol. The molecule has 13 nitrogen and oxygen atoms in total. The molecule has 2 aromatic rings. The van der Waals surface area contributed by atoms with Crippen LogP contribution in [0.25, 0.3) is 0 Å². The van der Waals surface area contributed by atoms with Crippen LogP contribution in [0.2, 0.25) is 0 Å². The molecule has 4 N–H and O–H groups in total. The van der Waals surface area contributed by atoms with Crippen molar-refractivity contribution in [3.05, 3.63) is 40.4 Å². The molecule has 1 aliphatic rings. The van der Waals surface area contributed by atoms with E-state index in [1.165, 1.54) is 18.3 Å². The number of piperidine rings is 1. The fourth-order valence-corrected chi connectivity index (χ4v) is 6.34. The van der Waals surface area contributed by atoms with Crippen LogP contribution in [0, 0.1) is 5.92 Å². The van der Waals surface area contributed by atoms with Gasteiger partial charge in [-0.05, 0) is 97.9 Å². The number of alkyl carbamates (subject to hydrolysis) is 2. The van der Waals surface area contributed by atoms with Crippen molar-refractivity contribution in [2.75, 3.05) is 11.9 Å². The van der Waals surface area contributed by atoms with Crippen LogP contribution in [0.5, 0.6) is 0 Å². The van der Waals surface area contributed by atoms with E-state index in [4.69, 9.17) is 14.5 Å². The Kier molecular flexibility index (Phi) is 12.9. The quantitative estimate of drug-likeness (QED) is 0.184. The summed E-state index contributed by atoms with van der Waals surface area (Å²) in [5.41, 5.74) is 0.825. The van der Waals surface area contributed by atoms with Crippen molar-refractivity contribution in [2.45, 2.75) is 111 Å². The van der Waals surface area contributed by atoms with E-state index in [0.717, 1.165) is 35.5 Å². The molecule has 2 atom stereocenters. The van der Waals surface area contributed by atoms with Crippen LogP contribution in [-0.4, -0.2) is 68.8 Å². The van der Waals surface area contributed by atoms with Crippen LogP contribution in [0.3, 0.4) is 0 Å². The van der Waals surface area contributed by atoms with Crippen molar-refractivity contribution in [3.8, 4) is 0 Å². The zero-order chi connectivity index (χ0) is 34.9. The number of guanidine groups is 1. The number of aryl methyl sites for hydroxylation is 2. The normalized spacial score (nSPS) is 16.9. The molecule has 3 rings (SSSR count). The Balaban J connectivity index is 1.77. The number of hydrogen-bond acceptors (Lipinski definition) is 10. The van der Waals surface area contributed by atoms with Crippen molar-refractivity contribution in [3.63, 3.8) is 0 Å². The highest BCUT2D eigenvalue weighted by Gasteiger charge is 2.35. The lowest BCUT2D eigenvalue weighted by molar-refractivity contribution is -0.146. The first kappa shape index (κ1) is 37.4. The summed E-state index contributed by atoms with van der Waals surface area (Å²) in [6, 6.07) is 7.26. The van der Waals surface area contributed by atoms with Crippen LogP contribution >= 0.6 is 11.3 Å². The van der Waals surface area contributed by atoms with Crippen LogP contribution in [0.1, 0.15) is 90.8 Å². The van der Waals surface area contributed by atoms with E-state index in [1.807, 2.05) is 19.1 Å². The average Bonchev–Trinajstić information content (AvgIpc) is 3.30. The number of aliphatic imine (C=N–C) groups is 1. The second kappa shape index (κ2) is 16.2. The minimum atomic E-state index is -0.782. The number of benzene rings is 1. The third-order valence-electron chi connectivity index (χ3n) is 7.10. The maximum Gasteiger partial charge on any atom is 0.414 e. The van der Waals surface area contributed by atoms with Crippen LogP contribution in [-0.2, 0) is 38.4 Å². The molecule has 1 aliphatic heterocycles. The van der Waals surface area contributed by atoms with Gasteiger partial charge in [-0.2, -0.15) is 0 Å². The zero-order valence-electron chi connectivity index (χ0n) is 28.6. The number of aromatic nitrogens is 1. The van der Waals surface area contributed by atoms with Gasteiger partial charge in [-0.15, -0.1) is 11.3 Å². The molecular weight excluding hydrogens is 624 g/mol. The van der Waals surface area contributed by atoms with Crippen LogP contribution in [0.15, 0.2) is 29.3 Å². The van der Waals surface area contributed by atoms with Gasteiger partial charge < -0.3 is 19.9 Å². The molecule has 1 fully saturated rings. The highest BCUT2D eigenvalue weighted by molar-refractivity contribution is 7.15. The molecule has 258 valence electrons. The number of anilines is 1. The number of rotatable bonds is 9. The van der Waals surface area contributed by atoms with E-state index in [0.29, 0.717) is 36.6 Å². The van der Waals surface area contributed by atoms with E-state index >= 15 is 0 Å². The lowest BCUT2D eigenvalue weighted by Crippen LogP contribution is -2.47. The smallest absolute Gasteiger partial charge is 0.414 e. The van der Waals surface area contributed by atoms with Crippen LogP contribution in [0.4, 0.5) is 20.4 Å². The Morgan fingerprint density at radius 1 is 1.00 bits per heavy atom. The van der Waals surface area contributed by atoms with Crippen LogP contribution < -0.4 is 16.0 Å². The summed E-state index contributed by atoms with van der Waals surface area (Å²) in [6.07, 6.45) is 1.91. The molecule has 47 heavy (non-hydrogen) atoms. The number of amides is 3. The van der Waals surface area contributed by atoms with Crippen molar-refractivity contribution in [2.24, 2.45) is 10.9 Å². The predicted octanol–water partition coefficient (Wildman–Crippen LogP) is 6.00. The Morgan fingerprint density at radius 2 is 1.60 bits per heavy atom. The lowest BCUT2D eigenvalue weighted by Gasteiger charge is -2.39. The number of ether oxygens (including phenoxy) is 2. The first-order valence-corrected chi connectivity index (χ1v) is 16.6. The summed E-state index contributed by atoms with van der Waals surface area (Å²) in [7, 11) is 0. The molecule has 0 bridgehead atoms. The third kappa shape index (κ3) is 12.6. The summed E-state index contributed by atoms with van der Waals surface area (Å²) in [4.78, 5) is 60.9. The van der Waals surface area contributed by atoms with Gasteiger partial charge in [0, 0.05) is 24.4 Å². The maximum atomic E-state index is 12.4. The molecule has 0 radical (unpaired) electrons. The van der Waals surface area contributed by atoms with Crippen molar-refractivity contribution in [1.82, 2.24) is 20.5 Å². The minimum Gasteiger partial charge on any atom is -0.481 e. The molecular formula is C33H48N6O7S. The summed E-state index contributed by atoms with van der Waals surface area (Å²) in [5, 5.41) is 18.0. The Labute approximate surface area is 280 Å². The molecule has 1 saturated heterocycles. The number of nitrogens with zero attached hydrogens (tertiary/aromatic N) is 3. The highest BCUT2D eigenvalue weighted by Crippen LogP contribution is 2.32. The second-order valence-electron chi connectivity index (χ2n) is 13.5. The fourth-order valence-electron chi connectivity index (χ4n) is 5.26. The lowest BCUT2D eigenvalue weighted by atomic mass is 9.87. The number of carbonyl (C=O) groups excluding carboxylic acids is 3. The monoisotopic (exact) mass is 672 g/mol. The molecule has 3 amide bonds. The van der Waals surface area contributed by atoms with Gasteiger partial charge in [0.25, 0.3) is 0 Å². The summed E-state index contributed by atoms with van der Waals surface area (Å²) >= 11 is 1.42. The Hall–Kier alpha value is -4.04. The predicted molar refractivity (Wildman–Crippen MR) is 181 cm³/mol. The third-order valence-corrected chi connectivity index (χ3v) is 8.10. The Bertz CT molecular complexity index is 1410. The van der Waals surface area contributed by atoms with E-state index < -0.39 is 35.3 Å². The zero-order valence-corrected chi connectivity index (χ0v) is 29.4. The molecule has 0 saturated carbocycles. The molecule has 1 aromatic carbocycles. The molecule has 1 unspecified atom stereocenters. The van der Waals surface area contributed by atoms with Gasteiger partial charge in [-0.1, -0.05) is 19.1 Å². The summed E-state index contributed by atoms with van der Waals surface area (Å²) in [5.74, 6) is -1.51. The van der Waals surface area contributed by atoms with Gasteiger partial charge in [-0.3, -0.25) is 25.1 Å². The number of aliphatic carboxylic acids is 1. The molecule has 2 heterocycles. The fraction of sp³-hybridized carbons (Fsp3) is 0.576. The van der Waals surface area contributed by atoms with E-state index in [2.05, 4.69) is 25.8 Å². The van der Waals surface area contributed by atoms with Crippen molar-refractivity contribution < 1.29 is 33.8 Å². The highest BCUT2D eigenvalue weighted by atomic mass is 32.1. The first-order chi connectivity index (χ1) is 21.9. The number of nitrogens with one attached hydrogen (secondary N) is 3. The number of likely N-dealkylation sites (tertiary alicyclic amines) is 1.